The van der Waals surface area contributed by atoms with E-state index < -0.39 is 5.54 Å². The topological polar surface area (TPSA) is 80.4 Å². The van der Waals surface area contributed by atoms with Crippen LogP contribution in [0.15, 0.2) is 47.1 Å². The number of amides is 2. The minimum Gasteiger partial charge on any atom is -0.463 e. The SMILES string of the molecule is Cc1ccc(Cl)cc1N1C(=O)c2cc(-c3ccco3)nn2C[C@@]1(C)C(=O)NC1CCCCCCC1. The number of rotatable bonds is 4. The number of hydrogen-bond donors (Lipinski definition) is 1. The average Bonchev–Trinajstić information content (AvgIpc) is 3.48. The van der Waals surface area contributed by atoms with Gasteiger partial charge in [0.2, 0.25) is 5.91 Å². The Balaban J connectivity index is 1.55. The summed E-state index contributed by atoms with van der Waals surface area (Å²) >= 11 is 6.35. The summed E-state index contributed by atoms with van der Waals surface area (Å²) in [6.07, 6.45) is 9.35. The maximum absolute atomic E-state index is 14.0. The first-order valence-corrected chi connectivity index (χ1v) is 12.8. The maximum Gasteiger partial charge on any atom is 0.277 e. The van der Waals surface area contributed by atoms with Crippen molar-refractivity contribution in [3.8, 4) is 11.5 Å². The van der Waals surface area contributed by atoms with Crippen LogP contribution in [-0.2, 0) is 11.3 Å². The number of hydrogen-bond acceptors (Lipinski definition) is 4. The van der Waals surface area contributed by atoms with Gasteiger partial charge in [-0.3, -0.25) is 19.2 Å². The van der Waals surface area contributed by atoms with Gasteiger partial charge in [0.1, 0.15) is 16.9 Å². The van der Waals surface area contributed by atoms with Crippen molar-refractivity contribution in [2.45, 2.75) is 76.9 Å². The van der Waals surface area contributed by atoms with E-state index in [1.54, 1.807) is 46.2 Å². The fraction of sp³-hybridized carbons (Fsp3) is 0.444. The molecule has 0 saturated heterocycles. The highest BCUT2D eigenvalue weighted by molar-refractivity contribution is 6.31. The Kier molecular flexibility index (Phi) is 6.45. The van der Waals surface area contributed by atoms with Crippen LogP contribution in [0.4, 0.5) is 5.69 Å². The molecule has 1 aliphatic carbocycles. The van der Waals surface area contributed by atoms with Gasteiger partial charge < -0.3 is 9.73 Å². The normalized spacial score (nSPS) is 21.3. The van der Waals surface area contributed by atoms with Gasteiger partial charge >= 0.3 is 0 Å². The van der Waals surface area contributed by atoms with Crippen molar-refractivity contribution in [3.05, 3.63) is 58.9 Å². The molecule has 0 bridgehead atoms. The second-order valence-electron chi connectivity index (χ2n) is 9.91. The molecule has 2 aliphatic rings. The number of halogens is 1. The number of fused-ring (bicyclic) bond motifs is 1. The molecular formula is C27H31ClN4O3. The summed E-state index contributed by atoms with van der Waals surface area (Å²) in [4.78, 5) is 29.6. The van der Waals surface area contributed by atoms with Crippen LogP contribution in [0, 0.1) is 6.92 Å². The van der Waals surface area contributed by atoms with Gasteiger partial charge in [0.25, 0.3) is 5.91 Å². The fourth-order valence-corrected chi connectivity index (χ4v) is 5.43. The number of nitrogens with zero attached hydrogens (tertiary/aromatic N) is 3. The molecule has 35 heavy (non-hydrogen) atoms. The first-order valence-electron chi connectivity index (χ1n) is 12.4. The number of carbonyl (C=O) groups is 2. The maximum atomic E-state index is 14.0. The molecule has 2 amide bonds. The number of aryl methyl sites for hydroxylation is 1. The number of aromatic nitrogens is 2. The van der Waals surface area contributed by atoms with Crippen LogP contribution >= 0.6 is 11.6 Å². The summed E-state index contributed by atoms with van der Waals surface area (Å²) in [5.41, 5.74) is 1.28. The van der Waals surface area contributed by atoms with Gasteiger partial charge in [-0.1, -0.05) is 49.8 Å². The number of nitrogens with one attached hydrogen (secondary N) is 1. The molecule has 1 aliphatic heterocycles. The molecule has 3 aromatic rings. The molecule has 1 N–H and O–H groups in total. The lowest BCUT2D eigenvalue weighted by Gasteiger charge is -2.44. The first kappa shape index (κ1) is 23.7. The van der Waals surface area contributed by atoms with Gasteiger partial charge in [-0.25, -0.2) is 0 Å². The molecular weight excluding hydrogens is 464 g/mol. The standard InChI is InChI=1S/C27H31ClN4O3/c1-18-12-13-19(28)15-22(18)32-25(33)23-16-21(24-11-8-14-35-24)30-31(23)17-27(32,2)26(34)29-20-9-6-4-3-5-7-10-20/h8,11-16,20H,3-7,9-10,17H2,1-2H3,(H,29,34)/t27-/m0/s1. The summed E-state index contributed by atoms with van der Waals surface area (Å²) in [6.45, 7) is 3.96. The van der Waals surface area contributed by atoms with Gasteiger partial charge in [0.05, 0.1) is 12.8 Å². The smallest absolute Gasteiger partial charge is 0.277 e. The zero-order valence-corrected chi connectivity index (χ0v) is 21.0. The number of anilines is 1. The summed E-state index contributed by atoms with van der Waals surface area (Å²) in [7, 11) is 0. The lowest BCUT2D eigenvalue weighted by Crippen LogP contribution is -2.65. The second-order valence-corrected chi connectivity index (χ2v) is 10.3. The van der Waals surface area contributed by atoms with Crippen LogP contribution in [-0.4, -0.2) is 33.2 Å². The predicted molar refractivity (Wildman–Crippen MR) is 136 cm³/mol. The van der Waals surface area contributed by atoms with Gasteiger partial charge in [-0.2, -0.15) is 5.10 Å². The van der Waals surface area contributed by atoms with Crippen molar-refractivity contribution in [2.24, 2.45) is 0 Å². The molecule has 1 saturated carbocycles. The predicted octanol–water partition coefficient (Wildman–Crippen LogP) is 5.75. The molecule has 1 atom stereocenters. The highest BCUT2D eigenvalue weighted by Crippen LogP contribution is 2.37. The van der Waals surface area contributed by atoms with Crippen LogP contribution in [0.25, 0.3) is 11.5 Å². The van der Waals surface area contributed by atoms with Crippen molar-refractivity contribution in [1.29, 1.82) is 0 Å². The van der Waals surface area contributed by atoms with Crippen LogP contribution in [0.3, 0.4) is 0 Å². The summed E-state index contributed by atoms with van der Waals surface area (Å²) in [6, 6.07) is 10.8. The third-order valence-electron chi connectivity index (χ3n) is 7.27. The fourth-order valence-electron chi connectivity index (χ4n) is 5.27. The van der Waals surface area contributed by atoms with E-state index >= 15 is 0 Å². The minimum absolute atomic E-state index is 0.106. The monoisotopic (exact) mass is 494 g/mol. The zero-order chi connectivity index (χ0) is 24.6. The van der Waals surface area contributed by atoms with Crippen molar-refractivity contribution < 1.29 is 14.0 Å². The van der Waals surface area contributed by atoms with E-state index in [9.17, 15) is 9.59 Å². The van der Waals surface area contributed by atoms with E-state index in [0.717, 1.165) is 31.2 Å². The number of carbonyl (C=O) groups excluding carboxylic acids is 2. The van der Waals surface area contributed by atoms with E-state index in [-0.39, 0.29) is 24.4 Å². The van der Waals surface area contributed by atoms with Crippen LogP contribution in [0.1, 0.15) is 67.9 Å². The van der Waals surface area contributed by atoms with Crippen molar-refractivity contribution >= 4 is 29.1 Å². The van der Waals surface area contributed by atoms with Crippen molar-refractivity contribution in [3.63, 3.8) is 0 Å². The largest absolute Gasteiger partial charge is 0.463 e. The molecule has 184 valence electrons. The van der Waals surface area contributed by atoms with E-state index in [2.05, 4.69) is 10.4 Å². The summed E-state index contributed by atoms with van der Waals surface area (Å²) in [5.74, 6) is 0.115. The lowest BCUT2D eigenvalue weighted by atomic mass is 9.91. The first-order chi connectivity index (χ1) is 16.9. The van der Waals surface area contributed by atoms with E-state index in [1.807, 2.05) is 19.9 Å². The van der Waals surface area contributed by atoms with Crippen molar-refractivity contribution in [2.75, 3.05) is 4.90 Å². The van der Waals surface area contributed by atoms with Gasteiger partial charge in [0.15, 0.2) is 5.76 Å². The third-order valence-corrected chi connectivity index (χ3v) is 7.50. The molecule has 1 fully saturated rings. The van der Waals surface area contributed by atoms with Gasteiger partial charge in [-0.15, -0.1) is 0 Å². The third kappa shape index (κ3) is 4.49. The molecule has 3 heterocycles. The molecule has 0 unspecified atom stereocenters. The Morgan fingerprint density at radius 1 is 1.14 bits per heavy atom. The number of furan rings is 1. The Labute approximate surface area is 210 Å². The Bertz CT molecular complexity index is 1230. The highest BCUT2D eigenvalue weighted by atomic mass is 35.5. The van der Waals surface area contributed by atoms with Crippen LogP contribution < -0.4 is 10.2 Å². The molecule has 1 aromatic carbocycles. The quantitative estimate of drug-likeness (QED) is 0.500. The molecule has 0 radical (unpaired) electrons. The lowest BCUT2D eigenvalue weighted by molar-refractivity contribution is -0.127. The second kappa shape index (κ2) is 9.53. The Morgan fingerprint density at radius 2 is 1.89 bits per heavy atom. The summed E-state index contributed by atoms with van der Waals surface area (Å²) < 4.78 is 7.14. The van der Waals surface area contributed by atoms with E-state index in [4.69, 9.17) is 16.0 Å². The van der Waals surface area contributed by atoms with Gasteiger partial charge in [-0.05, 0) is 56.5 Å². The molecule has 8 heteroatoms. The van der Waals surface area contributed by atoms with Crippen LogP contribution in [0.2, 0.25) is 5.02 Å². The minimum atomic E-state index is -1.19. The van der Waals surface area contributed by atoms with Crippen molar-refractivity contribution in [1.82, 2.24) is 15.1 Å². The molecule has 2 aromatic heterocycles. The van der Waals surface area contributed by atoms with Crippen LogP contribution in [0.5, 0.6) is 0 Å². The Hall–Kier alpha value is -3.06. The zero-order valence-electron chi connectivity index (χ0n) is 20.2. The number of benzene rings is 1. The molecule has 7 nitrogen and oxygen atoms in total. The van der Waals surface area contributed by atoms with Gasteiger partial charge in [0, 0.05) is 22.8 Å². The molecule has 5 rings (SSSR count). The summed E-state index contributed by atoms with van der Waals surface area (Å²) in [5, 5.41) is 8.43. The highest BCUT2D eigenvalue weighted by Gasteiger charge is 2.49. The Morgan fingerprint density at radius 3 is 2.60 bits per heavy atom. The van der Waals surface area contributed by atoms with E-state index in [0.29, 0.717) is 27.9 Å². The van der Waals surface area contributed by atoms with E-state index in [1.165, 1.54) is 19.3 Å². The molecule has 0 spiro atoms. The average molecular weight is 495 g/mol.